The number of nitrogen functional groups attached to an aromatic ring is 1. The van der Waals surface area contributed by atoms with Gasteiger partial charge in [-0.15, -0.1) is 0 Å². The summed E-state index contributed by atoms with van der Waals surface area (Å²) in [5, 5.41) is 3.55. The number of hydrogen-bond donors (Lipinski definition) is 2. The number of hydrogen-bond acceptors (Lipinski definition) is 2. The molecule has 2 rings (SSSR count). The second-order valence-corrected chi connectivity index (χ2v) is 5.23. The summed E-state index contributed by atoms with van der Waals surface area (Å²) < 4.78 is 0. The maximum Gasteiger partial charge on any atom is 0.244 e. The van der Waals surface area contributed by atoms with Crippen LogP contribution in [0.2, 0.25) is 5.02 Å². The number of nitrogens with one attached hydrogen (secondary N) is 1. The summed E-state index contributed by atoms with van der Waals surface area (Å²) >= 11 is 5.94. The Balaban J connectivity index is 1.98. The second-order valence-electron chi connectivity index (χ2n) is 4.79. The van der Waals surface area contributed by atoms with Gasteiger partial charge in [0.15, 0.2) is 0 Å². The van der Waals surface area contributed by atoms with E-state index >= 15 is 0 Å². The number of rotatable bonds is 4. The molecule has 1 unspecified atom stereocenters. The molecule has 1 atom stereocenters. The smallest absolute Gasteiger partial charge is 0.244 e. The van der Waals surface area contributed by atoms with Gasteiger partial charge in [-0.25, -0.2) is 0 Å². The van der Waals surface area contributed by atoms with E-state index in [2.05, 4.69) is 5.32 Å². The molecule has 2 aromatic rings. The minimum absolute atomic E-state index is 0.110. The van der Waals surface area contributed by atoms with Gasteiger partial charge in [0.25, 0.3) is 0 Å². The van der Waals surface area contributed by atoms with E-state index in [0.717, 1.165) is 11.1 Å². The van der Waals surface area contributed by atoms with Gasteiger partial charge in [-0.1, -0.05) is 35.9 Å². The standard InChI is InChI=1S/C17H17ClN2O/c1-12(14-5-3-6-15(18)11-14)20-17(21)9-8-13-4-2-7-16(19)10-13/h2-12H,19H2,1H3,(H,20,21)/b9-8+. The summed E-state index contributed by atoms with van der Waals surface area (Å²) in [5.74, 6) is -0.162. The average Bonchev–Trinajstić information content (AvgIpc) is 2.45. The molecule has 0 aliphatic rings. The van der Waals surface area contributed by atoms with E-state index in [9.17, 15) is 4.79 Å². The predicted octanol–water partition coefficient (Wildman–Crippen LogP) is 3.81. The first-order valence-corrected chi connectivity index (χ1v) is 7.02. The molecule has 3 N–H and O–H groups in total. The number of nitrogens with two attached hydrogens (primary N) is 1. The van der Waals surface area contributed by atoms with E-state index in [-0.39, 0.29) is 11.9 Å². The van der Waals surface area contributed by atoms with Crippen molar-refractivity contribution in [2.45, 2.75) is 13.0 Å². The molecule has 21 heavy (non-hydrogen) atoms. The van der Waals surface area contributed by atoms with Gasteiger partial charge in [0.2, 0.25) is 5.91 Å². The first-order valence-electron chi connectivity index (χ1n) is 6.64. The lowest BCUT2D eigenvalue weighted by Gasteiger charge is -2.13. The minimum Gasteiger partial charge on any atom is -0.399 e. The number of halogens is 1. The molecular weight excluding hydrogens is 284 g/mol. The van der Waals surface area contributed by atoms with Crippen LogP contribution in [-0.2, 0) is 4.79 Å². The Morgan fingerprint density at radius 3 is 2.71 bits per heavy atom. The summed E-state index contributed by atoms with van der Waals surface area (Å²) in [7, 11) is 0. The van der Waals surface area contributed by atoms with Crippen LogP contribution in [0.4, 0.5) is 5.69 Å². The van der Waals surface area contributed by atoms with Gasteiger partial charge in [0.1, 0.15) is 0 Å². The van der Waals surface area contributed by atoms with Gasteiger partial charge in [-0.3, -0.25) is 4.79 Å². The molecule has 0 aromatic heterocycles. The van der Waals surface area contributed by atoms with Crippen LogP contribution in [-0.4, -0.2) is 5.91 Å². The van der Waals surface area contributed by atoms with Gasteiger partial charge < -0.3 is 11.1 Å². The van der Waals surface area contributed by atoms with Crippen molar-refractivity contribution in [1.82, 2.24) is 5.32 Å². The summed E-state index contributed by atoms with van der Waals surface area (Å²) in [6.45, 7) is 1.91. The fourth-order valence-corrected chi connectivity index (χ4v) is 2.15. The topological polar surface area (TPSA) is 55.1 Å². The molecule has 0 spiro atoms. The normalized spacial score (nSPS) is 12.3. The van der Waals surface area contributed by atoms with E-state index in [0.29, 0.717) is 10.7 Å². The maximum atomic E-state index is 11.9. The second kappa shape index (κ2) is 6.95. The molecule has 0 saturated heterocycles. The van der Waals surface area contributed by atoms with Crippen LogP contribution in [0.3, 0.4) is 0 Å². The molecule has 3 nitrogen and oxygen atoms in total. The molecule has 4 heteroatoms. The lowest BCUT2D eigenvalue weighted by molar-refractivity contribution is -0.117. The minimum atomic E-state index is -0.162. The zero-order valence-electron chi connectivity index (χ0n) is 11.7. The van der Waals surface area contributed by atoms with Crippen molar-refractivity contribution in [3.05, 3.63) is 70.8 Å². The summed E-state index contributed by atoms with van der Waals surface area (Å²) in [5.41, 5.74) is 8.22. The number of amides is 1. The monoisotopic (exact) mass is 300 g/mol. The van der Waals surface area contributed by atoms with E-state index in [1.165, 1.54) is 6.08 Å². The molecular formula is C17H17ClN2O. The summed E-state index contributed by atoms with van der Waals surface area (Å²) in [6.07, 6.45) is 3.23. The van der Waals surface area contributed by atoms with Crippen LogP contribution in [0.15, 0.2) is 54.6 Å². The highest BCUT2D eigenvalue weighted by Crippen LogP contribution is 2.17. The first-order chi connectivity index (χ1) is 10.0. The third-order valence-corrected chi connectivity index (χ3v) is 3.28. The van der Waals surface area contributed by atoms with Gasteiger partial charge in [0.05, 0.1) is 6.04 Å². The zero-order valence-corrected chi connectivity index (χ0v) is 12.5. The Labute approximate surface area is 129 Å². The lowest BCUT2D eigenvalue weighted by Crippen LogP contribution is -2.24. The van der Waals surface area contributed by atoms with Gasteiger partial charge in [-0.2, -0.15) is 0 Å². The van der Waals surface area contributed by atoms with Crippen molar-refractivity contribution in [3.8, 4) is 0 Å². The highest BCUT2D eigenvalue weighted by Gasteiger charge is 2.07. The Morgan fingerprint density at radius 2 is 2.00 bits per heavy atom. The molecule has 0 aliphatic heterocycles. The van der Waals surface area contributed by atoms with E-state index in [4.69, 9.17) is 17.3 Å². The number of carbonyl (C=O) groups is 1. The number of benzene rings is 2. The van der Waals surface area contributed by atoms with Crippen molar-refractivity contribution >= 4 is 29.3 Å². The third kappa shape index (κ3) is 4.65. The molecule has 0 fully saturated rings. The molecule has 2 aromatic carbocycles. The fourth-order valence-electron chi connectivity index (χ4n) is 1.96. The van der Waals surface area contributed by atoms with E-state index in [1.807, 2.05) is 43.3 Å². The maximum absolute atomic E-state index is 11.9. The molecule has 0 heterocycles. The van der Waals surface area contributed by atoms with Crippen molar-refractivity contribution in [3.63, 3.8) is 0 Å². The molecule has 1 amide bonds. The van der Waals surface area contributed by atoms with Gasteiger partial charge in [-0.05, 0) is 48.4 Å². The zero-order chi connectivity index (χ0) is 15.2. The predicted molar refractivity (Wildman–Crippen MR) is 87.9 cm³/mol. The van der Waals surface area contributed by atoms with E-state index < -0.39 is 0 Å². The average molecular weight is 301 g/mol. The molecule has 0 bridgehead atoms. The van der Waals surface area contributed by atoms with Crippen molar-refractivity contribution in [2.24, 2.45) is 0 Å². The Kier molecular flexibility index (Phi) is 5.01. The molecule has 0 radical (unpaired) electrons. The first kappa shape index (κ1) is 15.1. The number of carbonyl (C=O) groups excluding carboxylic acids is 1. The van der Waals surface area contributed by atoms with Crippen LogP contribution < -0.4 is 11.1 Å². The fraction of sp³-hybridized carbons (Fsp3) is 0.118. The lowest BCUT2D eigenvalue weighted by atomic mass is 10.1. The quantitative estimate of drug-likeness (QED) is 0.666. The molecule has 108 valence electrons. The Morgan fingerprint density at radius 1 is 1.24 bits per heavy atom. The van der Waals surface area contributed by atoms with Crippen LogP contribution in [0.25, 0.3) is 6.08 Å². The van der Waals surface area contributed by atoms with Crippen LogP contribution in [0.5, 0.6) is 0 Å². The molecule has 0 saturated carbocycles. The summed E-state index contributed by atoms with van der Waals surface area (Å²) in [4.78, 5) is 11.9. The Bertz CT molecular complexity index is 667. The third-order valence-electron chi connectivity index (χ3n) is 3.05. The van der Waals surface area contributed by atoms with Crippen molar-refractivity contribution in [2.75, 3.05) is 5.73 Å². The van der Waals surface area contributed by atoms with Crippen LogP contribution >= 0.6 is 11.6 Å². The largest absolute Gasteiger partial charge is 0.399 e. The van der Waals surface area contributed by atoms with Crippen molar-refractivity contribution < 1.29 is 4.79 Å². The Hall–Kier alpha value is -2.26. The highest BCUT2D eigenvalue weighted by molar-refractivity contribution is 6.30. The van der Waals surface area contributed by atoms with Gasteiger partial charge in [0, 0.05) is 16.8 Å². The van der Waals surface area contributed by atoms with Gasteiger partial charge >= 0.3 is 0 Å². The SMILES string of the molecule is CC(NC(=O)/C=C/c1cccc(N)c1)c1cccc(Cl)c1. The molecule has 0 aliphatic carbocycles. The van der Waals surface area contributed by atoms with E-state index in [1.54, 1.807) is 18.2 Å². The van der Waals surface area contributed by atoms with Crippen LogP contribution in [0, 0.1) is 0 Å². The van der Waals surface area contributed by atoms with Crippen molar-refractivity contribution in [1.29, 1.82) is 0 Å². The number of anilines is 1. The summed E-state index contributed by atoms with van der Waals surface area (Å²) in [6, 6.07) is 14.7. The highest BCUT2D eigenvalue weighted by atomic mass is 35.5. The van der Waals surface area contributed by atoms with Crippen LogP contribution in [0.1, 0.15) is 24.1 Å².